The third-order valence-electron chi connectivity index (χ3n) is 5.85. The molecule has 0 aliphatic carbocycles. The van der Waals surface area contributed by atoms with Gasteiger partial charge in [-0.1, -0.05) is 11.6 Å². The smallest absolute Gasteiger partial charge is 0.326 e. The first-order valence-corrected chi connectivity index (χ1v) is 9.28. The number of nitrogens with zero attached hydrogens (tertiary/aromatic N) is 5. The quantitative estimate of drug-likeness (QED) is 0.747. The summed E-state index contributed by atoms with van der Waals surface area (Å²) in [5.41, 5.74) is -0.136. The van der Waals surface area contributed by atoms with Gasteiger partial charge in [0.15, 0.2) is 0 Å². The van der Waals surface area contributed by atoms with Crippen LogP contribution in [0, 0.1) is 5.92 Å². The second-order valence-electron chi connectivity index (χ2n) is 7.41. The second-order valence-corrected chi connectivity index (χ2v) is 7.85. The van der Waals surface area contributed by atoms with Gasteiger partial charge in [-0.15, -0.1) is 0 Å². The minimum absolute atomic E-state index is 0.0247. The summed E-state index contributed by atoms with van der Waals surface area (Å²) in [5, 5.41) is 4.66. The van der Waals surface area contributed by atoms with Crippen LogP contribution < -0.4 is 5.69 Å². The third kappa shape index (κ3) is 2.30. The number of pyridine rings is 1. The van der Waals surface area contributed by atoms with Crippen LogP contribution in [-0.2, 0) is 17.8 Å². The van der Waals surface area contributed by atoms with Crippen molar-refractivity contribution in [1.29, 1.82) is 0 Å². The minimum Gasteiger partial charge on any atom is -0.326 e. The topological polar surface area (TPSA) is 73.0 Å². The number of fused-ring (bicyclic) bond motifs is 4. The minimum atomic E-state index is -3.40. The van der Waals surface area contributed by atoms with E-state index < -0.39 is 41.7 Å². The highest BCUT2D eigenvalue weighted by Gasteiger charge is 2.68. The first kappa shape index (κ1) is 17.7. The first-order valence-electron chi connectivity index (χ1n) is 8.90. The Kier molecular flexibility index (Phi) is 3.68. The maximum atomic E-state index is 14.9. The maximum Gasteiger partial charge on any atom is 0.347 e. The summed E-state index contributed by atoms with van der Waals surface area (Å²) < 4.78 is 45.7. The Labute approximate surface area is 161 Å². The molecule has 2 aromatic heterocycles. The number of hydrogen-bond donors (Lipinski definition) is 0. The van der Waals surface area contributed by atoms with Crippen molar-refractivity contribution in [2.45, 2.75) is 43.6 Å². The van der Waals surface area contributed by atoms with Crippen molar-refractivity contribution >= 4 is 17.5 Å². The van der Waals surface area contributed by atoms with Crippen LogP contribution in [0.15, 0.2) is 23.1 Å². The molecular weight excluding hydrogens is 399 g/mol. The van der Waals surface area contributed by atoms with Crippen LogP contribution in [0.4, 0.5) is 13.2 Å². The van der Waals surface area contributed by atoms with Gasteiger partial charge in [-0.2, -0.15) is 5.10 Å². The number of halogens is 4. The van der Waals surface area contributed by atoms with Gasteiger partial charge < -0.3 is 4.90 Å². The highest BCUT2D eigenvalue weighted by atomic mass is 35.5. The first-order chi connectivity index (χ1) is 13.3. The Balaban J connectivity index is 1.54. The molecule has 0 saturated carbocycles. The molecule has 2 fully saturated rings. The third-order valence-corrected chi connectivity index (χ3v) is 6.08. The molecule has 3 aliphatic heterocycles. The van der Waals surface area contributed by atoms with E-state index in [1.54, 1.807) is 12.1 Å². The maximum absolute atomic E-state index is 14.9. The predicted molar refractivity (Wildman–Crippen MR) is 91.0 cm³/mol. The number of aryl methyl sites for hydroxylation is 1. The lowest BCUT2D eigenvalue weighted by Gasteiger charge is -2.56. The van der Waals surface area contributed by atoms with E-state index in [0.717, 1.165) is 14.1 Å². The van der Waals surface area contributed by atoms with Crippen LogP contribution in [0.2, 0.25) is 5.02 Å². The van der Waals surface area contributed by atoms with Crippen LogP contribution in [0.1, 0.15) is 24.0 Å². The number of amides is 1. The molecule has 0 spiro atoms. The van der Waals surface area contributed by atoms with E-state index in [2.05, 4.69) is 10.1 Å². The number of carbonyl (C=O) groups excluding carboxylic acids is 1. The van der Waals surface area contributed by atoms with Crippen molar-refractivity contribution in [1.82, 2.24) is 24.2 Å². The number of hydrogen-bond acceptors (Lipinski definition) is 4. The predicted octanol–water partition coefficient (Wildman–Crippen LogP) is 1.44. The summed E-state index contributed by atoms with van der Waals surface area (Å²) >= 11 is 5.80. The summed E-state index contributed by atoms with van der Waals surface area (Å²) in [6, 6.07) is 0.152. The van der Waals surface area contributed by atoms with Gasteiger partial charge in [0.05, 0.1) is 29.7 Å². The summed E-state index contributed by atoms with van der Waals surface area (Å²) in [4.78, 5) is 30.6. The van der Waals surface area contributed by atoms with Gasteiger partial charge in [-0.3, -0.25) is 14.3 Å². The molecule has 0 bridgehead atoms. The molecule has 5 heterocycles. The molecule has 4 atom stereocenters. The monoisotopic (exact) mass is 413 g/mol. The average Bonchev–Trinajstić information content (AvgIpc) is 2.95. The highest BCUT2D eigenvalue weighted by molar-refractivity contribution is 6.30. The van der Waals surface area contributed by atoms with E-state index >= 15 is 0 Å². The van der Waals surface area contributed by atoms with Crippen LogP contribution in [0.25, 0.3) is 0 Å². The molecule has 5 rings (SSSR count). The number of aromatic nitrogens is 4. The van der Waals surface area contributed by atoms with Gasteiger partial charge in [-0.05, 0) is 18.6 Å². The molecule has 7 nitrogen and oxygen atoms in total. The van der Waals surface area contributed by atoms with Gasteiger partial charge in [0.1, 0.15) is 24.1 Å². The SMILES string of the molecule is O=C1C2C(CCc3nn(Cc4ccc(Cl)cn4)c(=O)n32)C(F)(F)C2C(F)CN12. The van der Waals surface area contributed by atoms with Crippen LogP contribution in [-0.4, -0.2) is 54.8 Å². The van der Waals surface area contributed by atoms with Gasteiger partial charge in [-0.25, -0.2) is 22.6 Å². The van der Waals surface area contributed by atoms with Crippen molar-refractivity contribution in [2.75, 3.05) is 6.54 Å². The van der Waals surface area contributed by atoms with Gasteiger partial charge in [0, 0.05) is 12.6 Å². The van der Waals surface area contributed by atoms with E-state index in [-0.39, 0.29) is 31.8 Å². The van der Waals surface area contributed by atoms with Gasteiger partial charge in [0.25, 0.3) is 5.92 Å². The summed E-state index contributed by atoms with van der Waals surface area (Å²) in [6.45, 7) is -0.341. The Morgan fingerprint density at radius 2 is 2.07 bits per heavy atom. The second kappa shape index (κ2) is 5.82. The lowest BCUT2D eigenvalue weighted by atomic mass is 9.73. The molecular formula is C17H15ClF3N5O2. The number of carbonyl (C=O) groups is 1. The summed E-state index contributed by atoms with van der Waals surface area (Å²) in [6.07, 6.45) is -0.229. The number of alkyl halides is 3. The molecule has 2 aromatic rings. The summed E-state index contributed by atoms with van der Waals surface area (Å²) in [5.74, 6) is -5.17. The fraction of sp³-hybridized carbons (Fsp3) is 0.529. The molecule has 0 radical (unpaired) electrons. The zero-order valence-corrected chi connectivity index (χ0v) is 15.2. The Hall–Kier alpha value is -2.36. The van der Waals surface area contributed by atoms with Crippen molar-refractivity contribution in [3.05, 3.63) is 45.4 Å². The Morgan fingerprint density at radius 1 is 1.29 bits per heavy atom. The Bertz CT molecular complexity index is 1020. The molecule has 148 valence electrons. The zero-order chi connectivity index (χ0) is 19.8. The van der Waals surface area contributed by atoms with E-state index in [0.29, 0.717) is 10.7 Å². The lowest BCUT2D eigenvalue weighted by Crippen LogP contribution is -2.75. The molecule has 4 unspecified atom stereocenters. The molecule has 2 saturated heterocycles. The fourth-order valence-corrected chi connectivity index (χ4v) is 4.61. The van der Waals surface area contributed by atoms with Crippen LogP contribution in [0.5, 0.6) is 0 Å². The largest absolute Gasteiger partial charge is 0.347 e. The van der Waals surface area contributed by atoms with Gasteiger partial charge >= 0.3 is 5.69 Å². The normalized spacial score (nSPS) is 30.3. The van der Waals surface area contributed by atoms with Crippen molar-refractivity contribution in [3.63, 3.8) is 0 Å². The zero-order valence-electron chi connectivity index (χ0n) is 14.4. The highest BCUT2D eigenvalue weighted by Crippen LogP contribution is 2.52. The molecule has 3 aliphatic rings. The van der Waals surface area contributed by atoms with E-state index in [1.807, 2.05) is 0 Å². The average molecular weight is 414 g/mol. The van der Waals surface area contributed by atoms with Crippen LogP contribution in [0.3, 0.4) is 0 Å². The number of rotatable bonds is 2. The van der Waals surface area contributed by atoms with E-state index in [4.69, 9.17) is 11.6 Å². The Morgan fingerprint density at radius 3 is 2.75 bits per heavy atom. The number of piperidine rings is 1. The molecule has 0 aromatic carbocycles. The molecule has 1 amide bonds. The van der Waals surface area contributed by atoms with Crippen molar-refractivity contribution in [3.8, 4) is 0 Å². The molecule has 28 heavy (non-hydrogen) atoms. The van der Waals surface area contributed by atoms with Crippen molar-refractivity contribution in [2.24, 2.45) is 5.92 Å². The van der Waals surface area contributed by atoms with E-state index in [1.165, 1.54) is 6.20 Å². The van der Waals surface area contributed by atoms with Crippen molar-refractivity contribution < 1.29 is 18.0 Å². The lowest BCUT2D eigenvalue weighted by molar-refractivity contribution is -0.231. The van der Waals surface area contributed by atoms with E-state index in [9.17, 15) is 22.8 Å². The molecule has 0 N–H and O–H groups in total. The fourth-order valence-electron chi connectivity index (χ4n) is 4.50. The van der Waals surface area contributed by atoms with Crippen LogP contribution >= 0.6 is 11.6 Å². The van der Waals surface area contributed by atoms with Gasteiger partial charge in [0.2, 0.25) is 5.91 Å². The molecule has 11 heteroatoms. The summed E-state index contributed by atoms with van der Waals surface area (Å²) in [7, 11) is 0. The standard InChI is InChI=1S/C17H15ClF3N5O2/c18-8-1-2-9(22-5-8)6-25-16(28)26-12(23-25)4-3-10-13(26)15(27)24-7-11(19)14(24)17(10,20)21/h1-2,5,10-11,13-14H,3-4,6-7H2.